The molecule has 0 atom stereocenters. The number of Topliss-reactive ketones (excluding diaryl/α,β-unsaturated/α-hetero) is 1. The van der Waals surface area contributed by atoms with Crippen LogP contribution >= 0.6 is 0 Å². The van der Waals surface area contributed by atoms with E-state index < -0.39 is 5.60 Å². The molecule has 0 saturated heterocycles. The fraction of sp³-hybridized carbons (Fsp3) is 0.471. The summed E-state index contributed by atoms with van der Waals surface area (Å²) in [6.45, 7) is 7.78. The van der Waals surface area contributed by atoms with Gasteiger partial charge in [0.05, 0.1) is 12.7 Å². The molecule has 1 heterocycles. The van der Waals surface area contributed by atoms with Crippen LogP contribution < -0.4 is 9.47 Å². The molecule has 0 saturated carbocycles. The van der Waals surface area contributed by atoms with Crippen LogP contribution in [0.3, 0.4) is 0 Å². The van der Waals surface area contributed by atoms with Crippen LogP contribution in [0.5, 0.6) is 17.2 Å². The summed E-state index contributed by atoms with van der Waals surface area (Å²) in [6, 6.07) is 1.50. The van der Waals surface area contributed by atoms with E-state index in [4.69, 9.17) is 9.47 Å². The maximum Gasteiger partial charge on any atom is 0.170 e. The molecule has 1 N–H and O–H groups in total. The van der Waals surface area contributed by atoms with E-state index in [0.717, 1.165) is 0 Å². The minimum Gasteiger partial charge on any atom is -0.507 e. The number of hydrogen-bond acceptors (Lipinski definition) is 4. The number of hydrogen-bond donors (Lipinski definition) is 1. The van der Waals surface area contributed by atoms with Gasteiger partial charge in [0.25, 0.3) is 0 Å². The number of phenolic OH excluding ortho intramolecular Hbond substituents is 1. The molecule has 4 nitrogen and oxygen atoms in total. The number of carbonyl (C=O) groups is 1. The van der Waals surface area contributed by atoms with Crippen molar-refractivity contribution in [3.05, 3.63) is 23.3 Å². The van der Waals surface area contributed by atoms with Gasteiger partial charge in [-0.1, -0.05) is 13.8 Å². The van der Waals surface area contributed by atoms with Crippen LogP contribution in [-0.2, 0) is 0 Å². The molecule has 1 aromatic carbocycles. The van der Waals surface area contributed by atoms with Gasteiger partial charge in [0.15, 0.2) is 5.78 Å². The molecule has 1 aromatic rings. The summed E-state index contributed by atoms with van der Waals surface area (Å²) in [5, 5.41) is 10.2. The first kappa shape index (κ1) is 15.4. The largest absolute Gasteiger partial charge is 0.507 e. The molecule has 2 rings (SSSR count). The second-order valence-corrected chi connectivity index (χ2v) is 6.28. The smallest absolute Gasteiger partial charge is 0.170 e. The van der Waals surface area contributed by atoms with Gasteiger partial charge in [0.1, 0.15) is 28.4 Å². The van der Waals surface area contributed by atoms with Gasteiger partial charge in [0, 0.05) is 12.5 Å². The van der Waals surface area contributed by atoms with E-state index in [9.17, 15) is 9.90 Å². The summed E-state index contributed by atoms with van der Waals surface area (Å²) < 4.78 is 11.2. The Balaban J connectivity index is 2.57. The molecule has 0 aliphatic carbocycles. The lowest BCUT2D eigenvalue weighted by atomic mass is 9.94. The van der Waals surface area contributed by atoms with E-state index in [-0.39, 0.29) is 23.0 Å². The average Bonchev–Trinajstić information content (AvgIpc) is 2.34. The van der Waals surface area contributed by atoms with Crippen molar-refractivity contribution >= 4 is 11.9 Å². The third-order valence-corrected chi connectivity index (χ3v) is 3.36. The van der Waals surface area contributed by atoms with Crippen molar-refractivity contribution in [3.8, 4) is 17.2 Å². The van der Waals surface area contributed by atoms with E-state index in [1.165, 1.54) is 13.2 Å². The highest BCUT2D eigenvalue weighted by molar-refractivity contribution is 6.03. The number of aromatic hydroxyl groups is 1. The van der Waals surface area contributed by atoms with Crippen molar-refractivity contribution in [2.24, 2.45) is 5.92 Å². The van der Waals surface area contributed by atoms with Gasteiger partial charge < -0.3 is 14.6 Å². The highest BCUT2D eigenvalue weighted by Crippen LogP contribution is 2.44. The Morgan fingerprint density at radius 3 is 2.67 bits per heavy atom. The number of phenols is 1. The van der Waals surface area contributed by atoms with Gasteiger partial charge in [-0.05, 0) is 31.9 Å². The lowest BCUT2D eigenvalue weighted by Gasteiger charge is -2.29. The van der Waals surface area contributed by atoms with E-state index in [1.807, 2.05) is 39.8 Å². The van der Waals surface area contributed by atoms with Crippen molar-refractivity contribution in [1.29, 1.82) is 0 Å². The number of rotatable bonds is 4. The van der Waals surface area contributed by atoms with E-state index in [1.54, 1.807) is 0 Å². The summed E-state index contributed by atoms with van der Waals surface area (Å²) in [7, 11) is 1.49. The topological polar surface area (TPSA) is 55.8 Å². The van der Waals surface area contributed by atoms with Crippen LogP contribution in [0, 0.1) is 5.92 Å². The molecule has 0 amide bonds. The molecule has 1 aliphatic rings. The zero-order valence-electron chi connectivity index (χ0n) is 13.2. The first-order valence-corrected chi connectivity index (χ1v) is 7.10. The van der Waals surface area contributed by atoms with Crippen molar-refractivity contribution in [1.82, 2.24) is 0 Å². The summed E-state index contributed by atoms with van der Waals surface area (Å²) in [5.74, 6) is 0.895. The van der Waals surface area contributed by atoms with Gasteiger partial charge in [-0.15, -0.1) is 0 Å². The van der Waals surface area contributed by atoms with E-state index >= 15 is 0 Å². The summed E-state index contributed by atoms with van der Waals surface area (Å²) in [4.78, 5) is 12.4. The highest BCUT2D eigenvalue weighted by atomic mass is 16.5. The zero-order valence-corrected chi connectivity index (χ0v) is 13.2. The number of carbonyl (C=O) groups excluding carboxylic acids is 1. The standard InChI is InChI=1S/C17H22O4/c1-10(2)8-12(18)15-13(19)9-14-11(16(15)20-5)6-7-17(3,4)21-14/h6-7,9-10,19H,8H2,1-5H3. The van der Waals surface area contributed by atoms with Crippen molar-refractivity contribution in [3.63, 3.8) is 0 Å². The maximum absolute atomic E-state index is 12.4. The fourth-order valence-corrected chi connectivity index (χ4v) is 2.44. The number of methoxy groups -OCH3 is 1. The second kappa shape index (κ2) is 5.43. The Morgan fingerprint density at radius 1 is 1.43 bits per heavy atom. The summed E-state index contributed by atoms with van der Waals surface area (Å²) in [6.07, 6.45) is 4.15. The lowest BCUT2D eigenvalue weighted by molar-refractivity contribution is 0.0961. The first-order valence-electron chi connectivity index (χ1n) is 7.10. The van der Waals surface area contributed by atoms with Crippen molar-refractivity contribution in [2.45, 2.75) is 39.7 Å². The van der Waals surface area contributed by atoms with Gasteiger partial charge in [-0.2, -0.15) is 0 Å². The lowest BCUT2D eigenvalue weighted by Crippen LogP contribution is -2.27. The molecule has 21 heavy (non-hydrogen) atoms. The minimum absolute atomic E-state index is 0.0950. The van der Waals surface area contributed by atoms with Gasteiger partial charge in [-0.3, -0.25) is 4.79 Å². The first-order chi connectivity index (χ1) is 9.75. The summed E-state index contributed by atoms with van der Waals surface area (Å²) in [5.41, 5.74) is 0.480. The number of fused-ring (bicyclic) bond motifs is 1. The Morgan fingerprint density at radius 2 is 2.10 bits per heavy atom. The predicted octanol–water partition coefficient (Wildman–Crippen LogP) is 3.81. The van der Waals surface area contributed by atoms with E-state index in [0.29, 0.717) is 23.5 Å². The quantitative estimate of drug-likeness (QED) is 0.857. The normalized spacial score (nSPS) is 15.5. The highest BCUT2D eigenvalue weighted by Gasteiger charge is 2.29. The maximum atomic E-state index is 12.4. The van der Waals surface area contributed by atoms with Crippen LogP contribution in [0.15, 0.2) is 12.1 Å². The van der Waals surface area contributed by atoms with Crippen LogP contribution in [0.1, 0.15) is 50.0 Å². The average molecular weight is 290 g/mol. The molecule has 114 valence electrons. The van der Waals surface area contributed by atoms with E-state index in [2.05, 4.69) is 0 Å². The third kappa shape index (κ3) is 3.04. The third-order valence-electron chi connectivity index (χ3n) is 3.36. The Hall–Kier alpha value is -1.97. The van der Waals surface area contributed by atoms with Crippen molar-refractivity contribution < 1.29 is 19.4 Å². The molecule has 0 unspecified atom stereocenters. The van der Waals surface area contributed by atoms with Gasteiger partial charge in [0.2, 0.25) is 0 Å². The molecule has 1 aliphatic heterocycles. The Bertz CT molecular complexity index is 597. The van der Waals surface area contributed by atoms with Crippen molar-refractivity contribution in [2.75, 3.05) is 7.11 Å². The fourth-order valence-electron chi connectivity index (χ4n) is 2.44. The van der Waals surface area contributed by atoms with Gasteiger partial charge in [-0.25, -0.2) is 0 Å². The van der Waals surface area contributed by atoms with Crippen LogP contribution in [0.25, 0.3) is 6.08 Å². The Labute approximate surface area is 125 Å². The molecule has 0 bridgehead atoms. The monoisotopic (exact) mass is 290 g/mol. The van der Waals surface area contributed by atoms with Gasteiger partial charge >= 0.3 is 0 Å². The molecular weight excluding hydrogens is 268 g/mol. The molecule has 0 aromatic heterocycles. The number of ether oxygens (including phenoxy) is 2. The molecular formula is C17H22O4. The molecule has 0 radical (unpaired) electrons. The minimum atomic E-state index is -0.450. The second-order valence-electron chi connectivity index (χ2n) is 6.28. The summed E-state index contributed by atoms with van der Waals surface area (Å²) >= 11 is 0. The SMILES string of the molecule is COc1c2c(cc(O)c1C(=O)CC(C)C)OC(C)(C)C=C2. The zero-order chi connectivity index (χ0) is 15.8. The predicted molar refractivity (Wildman–Crippen MR) is 82.2 cm³/mol. The molecule has 0 spiro atoms. The molecule has 0 fully saturated rings. The van der Waals surface area contributed by atoms with Crippen LogP contribution in [-0.4, -0.2) is 23.6 Å². The van der Waals surface area contributed by atoms with Crippen LogP contribution in [0.4, 0.5) is 0 Å². The Kier molecular flexibility index (Phi) is 3.99. The number of benzene rings is 1. The molecule has 4 heteroatoms. The van der Waals surface area contributed by atoms with Crippen LogP contribution in [0.2, 0.25) is 0 Å². The number of ketones is 1.